The molecule has 0 saturated carbocycles. The molecule has 1 heterocycles. The van der Waals surface area contributed by atoms with Gasteiger partial charge in [-0.25, -0.2) is 14.8 Å². The maximum Gasteiger partial charge on any atom is 0.419 e. The molecule has 9 heteroatoms. The highest BCUT2D eigenvalue weighted by atomic mass is 35.5. The van der Waals surface area contributed by atoms with E-state index in [-0.39, 0.29) is 41.5 Å². The molecule has 8 nitrogen and oxygen atoms in total. The number of anilines is 1. The Morgan fingerprint density at radius 2 is 2.07 bits per heavy atom. The zero-order chi connectivity index (χ0) is 22.2. The Kier molecular flexibility index (Phi) is 6.59. The number of benzene rings is 2. The van der Waals surface area contributed by atoms with Gasteiger partial charge in [-0.05, 0) is 30.3 Å². The van der Waals surface area contributed by atoms with Gasteiger partial charge in [-0.1, -0.05) is 18.2 Å². The minimum absolute atomic E-state index is 0.0387. The van der Waals surface area contributed by atoms with Crippen LogP contribution in [-0.2, 0) is 0 Å². The van der Waals surface area contributed by atoms with Crippen LogP contribution in [-0.4, -0.2) is 41.1 Å². The summed E-state index contributed by atoms with van der Waals surface area (Å²) in [5, 5.41) is 2.37. The summed E-state index contributed by atoms with van der Waals surface area (Å²) in [5.41, 5.74) is 1.57. The van der Waals surface area contributed by atoms with Crippen LogP contribution in [0.3, 0.4) is 0 Å². The number of amides is 1. The molecule has 0 fully saturated rings. The first kappa shape index (κ1) is 19.5. The first-order chi connectivity index (χ1) is 15.0. The second-order valence-corrected chi connectivity index (χ2v) is 6.16. The van der Waals surface area contributed by atoms with Crippen molar-refractivity contribution in [3.8, 4) is 22.8 Å². The molecule has 0 spiro atoms. The molecule has 3 rings (SSSR count). The zero-order valence-corrected chi connectivity index (χ0v) is 16.3. The van der Waals surface area contributed by atoms with Gasteiger partial charge in [-0.2, -0.15) is 0 Å². The van der Waals surface area contributed by atoms with Crippen molar-refractivity contribution < 1.29 is 25.2 Å². The molecule has 0 aliphatic heterocycles. The summed E-state index contributed by atoms with van der Waals surface area (Å²) >= 11 is 5.56. The lowest BCUT2D eigenvalue weighted by molar-refractivity contribution is 0.111. The molecule has 2 aromatic carbocycles. The summed E-state index contributed by atoms with van der Waals surface area (Å²) in [6, 6.07) is 10.8. The quantitative estimate of drug-likeness (QED) is 0.428. The van der Waals surface area contributed by atoms with Crippen molar-refractivity contribution in [3.63, 3.8) is 0 Å². The molecule has 0 atom stereocenters. The molecule has 30 heavy (non-hydrogen) atoms. The van der Waals surface area contributed by atoms with Crippen LogP contribution in [0, 0.1) is 0 Å². The Labute approximate surface area is 178 Å². The molecule has 0 aliphatic rings. The SMILES string of the molecule is [2H]c1c(OC(=O)Nc2nccc(-c3cccc(C=O)c3)n2)ccc(OCCCl)c1C=O. The molecule has 0 unspecified atom stereocenters. The third kappa shape index (κ3) is 5.39. The van der Waals surface area contributed by atoms with Crippen molar-refractivity contribution in [2.75, 3.05) is 17.8 Å². The average Bonchev–Trinajstić information content (AvgIpc) is 2.79. The van der Waals surface area contributed by atoms with Crippen LogP contribution in [0.5, 0.6) is 11.5 Å². The molecule has 1 N–H and O–H groups in total. The molecule has 0 saturated heterocycles. The topological polar surface area (TPSA) is 107 Å². The summed E-state index contributed by atoms with van der Waals surface area (Å²) in [6.07, 6.45) is 1.66. The fourth-order valence-corrected chi connectivity index (χ4v) is 2.54. The maximum absolute atomic E-state index is 12.3. The first-order valence-corrected chi connectivity index (χ1v) is 9.24. The van der Waals surface area contributed by atoms with Gasteiger partial charge in [0.05, 0.1) is 18.5 Å². The van der Waals surface area contributed by atoms with Gasteiger partial charge in [0.15, 0.2) is 6.29 Å². The van der Waals surface area contributed by atoms with Crippen molar-refractivity contribution in [3.05, 3.63) is 65.8 Å². The van der Waals surface area contributed by atoms with Crippen LogP contribution in [0.15, 0.2) is 54.7 Å². The largest absolute Gasteiger partial charge is 0.492 e. The number of hydrogen-bond donors (Lipinski definition) is 1. The second-order valence-electron chi connectivity index (χ2n) is 5.78. The number of aromatic nitrogens is 2. The Balaban J connectivity index is 1.75. The molecule has 0 radical (unpaired) electrons. The normalized spacial score (nSPS) is 10.6. The molecule has 0 bridgehead atoms. The number of alkyl halides is 1. The van der Waals surface area contributed by atoms with E-state index in [1.807, 2.05) is 0 Å². The third-order valence-corrected chi connectivity index (χ3v) is 3.91. The van der Waals surface area contributed by atoms with Gasteiger partial charge in [0, 0.05) is 17.3 Å². The summed E-state index contributed by atoms with van der Waals surface area (Å²) in [4.78, 5) is 42.7. The van der Waals surface area contributed by atoms with Gasteiger partial charge in [-0.3, -0.25) is 14.9 Å². The molecular formula is C21H16ClN3O5. The molecule has 3 aromatic rings. The number of carbonyl (C=O) groups is 3. The van der Waals surface area contributed by atoms with Gasteiger partial charge >= 0.3 is 6.09 Å². The van der Waals surface area contributed by atoms with Gasteiger partial charge in [-0.15, -0.1) is 11.6 Å². The number of carbonyl (C=O) groups excluding carboxylic acids is 3. The van der Waals surface area contributed by atoms with Gasteiger partial charge in [0.1, 0.15) is 24.4 Å². The Bertz CT molecular complexity index is 1130. The van der Waals surface area contributed by atoms with E-state index in [1.54, 1.807) is 30.3 Å². The molecule has 1 aromatic heterocycles. The van der Waals surface area contributed by atoms with E-state index in [2.05, 4.69) is 15.3 Å². The number of halogens is 1. The maximum atomic E-state index is 12.3. The molecule has 1 amide bonds. The monoisotopic (exact) mass is 426 g/mol. The van der Waals surface area contributed by atoms with E-state index in [9.17, 15) is 14.4 Å². The third-order valence-electron chi connectivity index (χ3n) is 3.75. The van der Waals surface area contributed by atoms with Crippen molar-refractivity contribution in [2.45, 2.75) is 0 Å². The lowest BCUT2D eigenvalue weighted by Crippen LogP contribution is -2.18. The summed E-state index contributed by atoms with van der Waals surface area (Å²) < 4.78 is 18.5. The number of rotatable bonds is 8. The van der Waals surface area contributed by atoms with Gasteiger partial charge in [0.2, 0.25) is 5.95 Å². The summed E-state index contributed by atoms with van der Waals surface area (Å²) in [6.45, 7) is 0.159. The van der Waals surface area contributed by atoms with Crippen molar-refractivity contribution in [1.82, 2.24) is 9.97 Å². The number of ether oxygens (including phenoxy) is 2. The van der Waals surface area contributed by atoms with Crippen LogP contribution in [0.2, 0.25) is 0 Å². The lowest BCUT2D eigenvalue weighted by atomic mass is 10.1. The number of aldehydes is 2. The number of nitrogens with zero attached hydrogens (tertiary/aromatic N) is 2. The Morgan fingerprint density at radius 3 is 2.83 bits per heavy atom. The number of nitrogens with one attached hydrogen (secondary N) is 1. The average molecular weight is 427 g/mol. The summed E-state index contributed by atoms with van der Waals surface area (Å²) in [5.74, 6) is 0.197. The van der Waals surface area contributed by atoms with E-state index in [1.165, 1.54) is 18.3 Å². The van der Waals surface area contributed by atoms with E-state index >= 15 is 0 Å². The minimum Gasteiger partial charge on any atom is -0.492 e. The second kappa shape index (κ2) is 10.1. The number of hydrogen-bond acceptors (Lipinski definition) is 7. The molecule has 152 valence electrons. The first-order valence-electron chi connectivity index (χ1n) is 9.20. The van der Waals surface area contributed by atoms with Gasteiger partial charge < -0.3 is 9.47 Å². The highest BCUT2D eigenvalue weighted by Gasteiger charge is 2.11. The van der Waals surface area contributed by atoms with Crippen LogP contribution in [0.1, 0.15) is 22.1 Å². The standard InChI is InChI=1S/C21H16ClN3O5/c22-7-9-29-19-5-4-17(11-16(19)13-27)30-21(28)25-20-23-8-6-18(24-20)15-3-1-2-14(10-15)12-26/h1-6,8,10-13H,7,9H2,(H,23,24,25,28)/i11D. The molecule has 0 aliphatic carbocycles. The van der Waals surface area contributed by atoms with Crippen LogP contribution in [0.25, 0.3) is 11.3 Å². The Morgan fingerprint density at radius 1 is 1.20 bits per heavy atom. The fourth-order valence-electron chi connectivity index (χ4n) is 2.47. The van der Waals surface area contributed by atoms with Crippen molar-refractivity contribution in [1.29, 1.82) is 0 Å². The van der Waals surface area contributed by atoms with E-state index in [0.717, 1.165) is 6.29 Å². The lowest BCUT2D eigenvalue weighted by Gasteiger charge is -2.10. The van der Waals surface area contributed by atoms with Gasteiger partial charge in [0.25, 0.3) is 0 Å². The van der Waals surface area contributed by atoms with E-state index in [0.29, 0.717) is 23.1 Å². The predicted molar refractivity (Wildman–Crippen MR) is 111 cm³/mol. The highest BCUT2D eigenvalue weighted by Crippen LogP contribution is 2.23. The van der Waals surface area contributed by atoms with E-state index < -0.39 is 6.09 Å². The predicted octanol–water partition coefficient (Wildman–Crippen LogP) is 4.00. The summed E-state index contributed by atoms with van der Waals surface area (Å²) in [7, 11) is 0. The van der Waals surface area contributed by atoms with Crippen molar-refractivity contribution >= 4 is 36.2 Å². The van der Waals surface area contributed by atoms with Crippen LogP contribution < -0.4 is 14.8 Å². The smallest absolute Gasteiger partial charge is 0.419 e. The van der Waals surface area contributed by atoms with Crippen LogP contribution >= 0.6 is 11.6 Å². The van der Waals surface area contributed by atoms with Crippen molar-refractivity contribution in [2.24, 2.45) is 0 Å². The zero-order valence-electron chi connectivity index (χ0n) is 16.5. The van der Waals surface area contributed by atoms with Crippen LogP contribution in [0.4, 0.5) is 10.7 Å². The van der Waals surface area contributed by atoms with E-state index in [4.69, 9.17) is 22.4 Å². The minimum atomic E-state index is -0.946. The Hall–Kier alpha value is -3.78. The fraction of sp³-hybridized carbons (Fsp3) is 0.0952. The highest BCUT2D eigenvalue weighted by molar-refractivity contribution is 6.18. The molecular weight excluding hydrogens is 410 g/mol.